The molecule has 2 aromatic heterocycles. The van der Waals surface area contributed by atoms with Crippen LogP contribution in [0, 0.1) is 6.92 Å². The van der Waals surface area contributed by atoms with Crippen LogP contribution in [0.15, 0.2) is 48.5 Å². The first-order chi connectivity index (χ1) is 14.1. The minimum atomic E-state index is 0.0433. The molecule has 1 aliphatic heterocycles. The molecule has 146 valence electrons. The first-order valence-corrected chi connectivity index (χ1v) is 9.85. The number of carbonyl (C=O) groups excluding carboxylic acids is 1. The highest BCUT2D eigenvalue weighted by Gasteiger charge is 2.30. The Hall–Kier alpha value is -3.48. The van der Waals surface area contributed by atoms with E-state index in [0.29, 0.717) is 6.42 Å². The Morgan fingerprint density at radius 2 is 1.97 bits per heavy atom. The van der Waals surface area contributed by atoms with Gasteiger partial charge in [-0.2, -0.15) is 4.68 Å². The number of hydrogen-bond acceptors (Lipinski definition) is 4. The van der Waals surface area contributed by atoms with Crippen LogP contribution in [0.5, 0.6) is 0 Å². The van der Waals surface area contributed by atoms with Crippen LogP contribution in [0.25, 0.3) is 16.6 Å². The standard InChI is InChI=1S/C22H22N6O/c1-14-22-19(18-5-3-4-6-20(18)23-22)11-12-27(14)21(29)13-16-7-9-17(10-8-16)28-15(2)24-25-26-28/h3-10,14,23H,11-13H2,1-2H3/t14-/m0/s1. The molecule has 0 unspecified atom stereocenters. The van der Waals surface area contributed by atoms with Gasteiger partial charge >= 0.3 is 0 Å². The summed E-state index contributed by atoms with van der Waals surface area (Å²) in [4.78, 5) is 18.6. The smallest absolute Gasteiger partial charge is 0.227 e. The zero-order valence-electron chi connectivity index (χ0n) is 16.5. The SMILES string of the molecule is Cc1nnnn1-c1ccc(CC(=O)N2CCc3c([nH]c4ccccc34)[C@@H]2C)cc1. The fraction of sp³-hybridized carbons (Fsp3) is 0.273. The number of aryl methyl sites for hydroxylation is 1. The minimum absolute atomic E-state index is 0.0433. The molecule has 0 aliphatic carbocycles. The van der Waals surface area contributed by atoms with Crippen molar-refractivity contribution in [1.82, 2.24) is 30.1 Å². The van der Waals surface area contributed by atoms with Crippen LogP contribution in [0.2, 0.25) is 0 Å². The maximum absolute atomic E-state index is 13.0. The molecule has 0 saturated heterocycles. The quantitative estimate of drug-likeness (QED) is 0.587. The van der Waals surface area contributed by atoms with E-state index in [4.69, 9.17) is 0 Å². The van der Waals surface area contributed by atoms with Crippen molar-refractivity contribution < 1.29 is 4.79 Å². The Kier molecular flexibility index (Phi) is 4.16. The number of hydrogen-bond donors (Lipinski definition) is 1. The first-order valence-electron chi connectivity index (χ1n) is 9.85. The molecule has 2 aromatic carbocycles. The molecule has 0 fully saturated rings. The number of nitrogens with one attached hydrogen (secondary N) is 1. The van der Waals surface area contributed by atoms with E-state index in [9.17, 15) is 4.79 Å². The third-order valence-corrected chi connectivity index (χ3v) is 5.82. The van der Waals surface area contributed by atoms with Gasteiger partial charge in [-0.3, -0.25) is 4.79 Å². The Balaban J connectivity index is 1.34. The van der Waals surface area contributed by atoms with Crippen LogP contribution in [0.1, 0.15) is 35.6 Å². The summed E-state index contributed by atoms with van der Waals surface area (Å²) in [6.07, 6.45) is 1.27. The van der Waals surface area contributed by atoms with Gasteiger partial charge in [0.2, 0.25) is 5.91 Å². The van der Waals surface area contributed by atoms with Gasteiger partial charge in [-0.15, -0.1) is 5.10 Å². The van der Waals surface area contributed by atoms with Crippen molar-refractivity contribution in [3.05, 3.63) is 71.2 Å². The zero-order valence-corrected chi connectivity index (χ0v) is 16.5. The van der Waals surface area contributed by atoms with E-state index in [0.717, 1.165) is 41.3 Å². The number of tetrazole rings is 1. The summed E-state index contributed by atoms with van der Waals surface area (Å²) in [5.41, 5.74) is 5.53. The fourth-order valence-electron chi connectivity index (χ4n) is 4.27. The van der Waals surface area contributed by atoms with E-state index in [1.807, 2.05) is 42.2 Å². The highest BCUT2D eigenvalue weighted by molar-refractivity contribution is 5.86. The molecular weight excluding hydrogens is 364 g/mol. The number of H-pyrrole nitrogens is 1. The van der Waals surface area contributed by atoms with E-state index in [2.05, 4.69) is 45.6 Å². The highest BCUT2D eigenvalue weighted by atomic mass is 16.2. The van der Waals surface area contributed by atoms with Gasteiger partial charge in [0.15, 0.2) is 5.82 Å². The Morgan fingerprint density at radius 1 is 1.17 bits per heavy atom. The Morgan fingerprint density at radius 3 is 2.72 bits per heavy atom. The van der Waals surface area contributed by atoms with Crippen LogP contribution in [0.4, 0.5) is 0 Å². The number of para-hydroxylation sites is 1. The Bertz CT molecular complexity index is 1190. The molecule has 1 aliphatic rings. The molecule has 0 spiro atoms. The van der Waals surface area contributed by atoms with Crippen molar-refractivity contribution in [2.45, 2.75) is 32.7 Å². The first kappa shape index (κ1) is 17.6. The van der Waals surface area contributed by atoms with E-state index in [-0.39, 0.29) is 11.9 Å². The molecule has 1 atom stereocenters. The molecule has 4 aromatic rings. The van der Waals surface area contributed by atoms with Gasteiger partial charge in [0.1, 0.15) is 0 Å². The molecule has 3 heterocycles. The summed E-state index contributed by atoms with van der Waals surface area (Å²) < 4.78 is 1.68. The summed E-state index contributed by atoms with van der Waals surface area (Å²) in [5, 5.41) is 12.8. The number of benzene rings is 2. The van der Waals surface area contributed by atoms with Gasteiger partial charge in [0, 0.05) is 23.1 Å². The van der Waals surface area contributed by atoms with Crippen molar-refractivity contribution in [3.63, 3.8) is 0 Å². The topological polar surface area (TPSA) is 79.7 Å². The minimum Gasteiger partial charge on any atom is -0.356 e. The maximum atomic E-state index is 13.0. The largest absolute Gasteiger partial charge is 0.356 e. The van der Waals surface area contributed by atoms with Crippen LogP contribution < -0.4 is 0 Å². The number of aromatic amines is 1. The number of fused-ring (bicyclic) bond motifs is 3. The number of carbonyl (C=O) groups is 1. The lowest BCUT2D eigenvalue weighted by Gasteiger charge is -2.33. The maximum Gasteiger partial charge on any atom is 0.227 e. The monoisotopic (exact) mass is 386 g/mol. The van der Waals surface area contributed by atoms with Crippen LogP contribution in [-0.2, 0) is 17.6 Å². The summed E-state index contributed by atoms with van der Waals surface area (Å²) in [5.74, 6) is 0.873. The second-order valence-electron chi connectivity index (χ2n) is 7.56. The number of rotatable bonds is 3. The van der Waals surface area contributed by atoms with Gasteiger partial charge in [-0.25, -0.2) is 0 Å². The Labute approximate surface area is 168 Å². The van der Waals surface area contributed by atoms with Crippen molar-refractivity contribution >= 4 is 16.8 Å². The molecule has 0 saturated carbocycles. The third kappa shape index (κ3) is 2.99. The molecule has 1 N–H and O–H groups in total. The fourth-order valence-corrected chi connectivity index (χ4v) is 4.27. The zero-order chi connectivity index (χ0) is 20.0. The van der Waals surface area contributed by atoms with Crippen LogP contribution in [-0.4, -0.2) is 42.5 Å². The van der Waals surface area contributed by atoms with E-state index in [1.54, 1.807) is 4.68 Å². The van der Waals surface area contributed by atoms with Gasteiger partial charge in [-0.1, -0.05) is 30.3 Å². The lowest BCUT2D eigenvalue weighted by molar-refractivity contribution is -0.133. The van der Waals surface area contributed by atoms with Gasteiger partial charge in [0.25, 0.3) is 0 Å². The normalized spacial score (nSPS) is 16.2. The van der Waals surface area contributed by atoms with Crippen molar-refractivity contribution in [2.24, 2.45) is 0 Å². The summed E-state index contributed by atoms with van der Waals surface area (Å²) in [6, 6.07) is 16.2. The lowest BCUT2D eigenvalue weighted by atomic mass is 9.97. The molecule has 5 rings (SSSR count). The van der Waals surface area contributed by atoms with Crippen molar-refractivity contribution in [2.75, 3.05) is 6.54 Å². The highest BCUT2D eigenvalue weighted by Crippen LogP contribution is 2.34. The van der Waals surface area contributed by atoms with Gasteiger partial charge < -0.3 is 9.88 Å². The van der Waals surface area contributed by atoms with E-state index < -0.39 is 0 Å². The van der Waals surface area contributed by atoms with E-state index >= 15 is 0 Å². The lowest BCUT2D eigenvalue weighted by Crippen LogP contribution is -2.39. The molecule has 7 nitrogen and oxygen atoms in total. The molecular formula is C22H22N6O. The summed E-state index contributed by atoms with van der Waals surface area (Å²) in [7, 11) is 0. The second-order valence-corrected chi connectivity index (χ2v) is 7.56. The molecule has 0 radical (unpaired) electrons. The summed E-state index contributed by atoms with van der Waals surface area (Å²) >= 11 is 0. The molecule has 29 heavy (non-hydrogen) atoms. The second kappa shape index (κ2) is 6.84. The van der Waals surface area contributed by atoms with Gasteiger partial charge in [0.05, 0.1) is 18.2 Å². The van der Waals surface area contributed by atoms with Crippen LogP contribution >= 0.6 is 0 Å². The van der Waals surface area contributed by atoms with E-state index in [1.165, 1.54) is 10.9 Å². The predicted molar refractivity (Wildman–Crippen MR) is 110 cm³/mol. The van der Waals surface area contributed by atoms with Crippen molar-refractivity contribution in [3.8, 4) is 5.69 Å². The molecule has 1 amide bonds. The van der Waals surface area contributed by atoms with Crippen LogP contribution in [0.3, 0.4) is 0 Å². The number of aromatic nitrogens is 5. The average molecular weight is 386 g/mol. The molecule has 7 heteroatoms. The van der Waals surface area contributed by atoms with Crippen molar-refractivity contribution in [1.29, 1.82) is 0 Å². The molecule has 0 bridgehead atoms. The predicted octanol–water partition coefficient (Wildman–Crippen LogP) is 3.14. The third-order valence-electron chi connectivity index (χ3n) is 5.82. The average Bonchev–Trinajstić information content (AvgIpc) is 3.33. The summed E-state index contributed by atoms with van der Waals surface area (Å²) in [6.45, 7) is 4.71. The number of nitrogens with zero attached hydrogens (tertiary/aromatic N) is 5. The number of amides is 1. The van der Waals surface area contributed by atoms with Gasteiger partial charge in [-0.05, 0) is 60.0 Å².